The molecule has 1 amide bonds. The first-order valence-corrected chi connectivity index (χ1v) is 6.59. The van der Waals surface area contributed by atoms with Gasteiger partial charge in [-0.1, -0.05) is 48.0 Å². The average Bonchev–Trinajstić information content (AvgIpc) is 2.61. The Hall–Kier alpha value is -0.530. The van der Waals surface area contributed by atoms with Gasteiger partial charge in [-0.25, -0.2) is 0 Å². The first-order valence-electron chi connectivity index (χ1n) is 6.59. The predicted molar refractivity (Wildman–Crippen MR) is 72.6 cm³/mol. The third kappa shape index (κ3) is 5.53. The van der Waals surface area contributed by atoms with Crippen LogP contribution >= 0.6 is 0 Å². The van der Waals surface area contributed by atoms with Crippen LogP contribution in [0.15, 0.2) is 0 Å². The third-order valence-corrected chi connectivity index (χ3v) is 2.83. The smallest absolute Gasteiger partial charge is 0.222 e. The molecule has 1 heterocycles. The molecule has 0 bridgehead atoms. The highest BCUT2D eigenvalue weighted by atomic mass is 16.2. The van der Waals surface area contributed by atoms with Crippen molar-refractivity contribution in [1.82, 2.24) is 4.90 Å². The van der Waals surface area contributed by atoms with E-state index < -0.39 is 0 Å². The number of rotatable bonds is 5. The molecule has 0 aromatic rings. The van der Waals surface area contributed by atoms with Crippen LogP contribution in [-0.4, -0.2) is 23.4 Å². The number of carbonyl (C=O) groups is 1. The molecule has 0 unspecified atom stereocenters. The minimum absolute atomic E-state index is 0. The summed E-state index contributed by atoms with van der Waals surface area (Å²) >= 11 is 0. The van der Waals surface area contributed by atoms with Crippen molar-refractivity contribution in [3.05, 3.63) is 0 Å². The lowest BCUT2D eigenvalue weighted by molar-refractivity contribution is -0.129. The van der Waals surface area contributed by atoms with Crippen molar-refractivity contribution in [3.63, 3.8) is 0 Å². The van der Waals surface area contributed by atoms with E-state index >= 15 is 0 Å². The summed E-state index contributed by atoms with van der Waals surface area (Å²) in [4.78, 5) is 13.6. The van der Waals surface area contributed by atoms with Crippen LogP contribution in [0.2, 0.25) is 0 Å². The normalized spacial score (nSPS) is 18.9. The number of unbranched alkanes of at least 4 members (excludes halogenated alkanes) is 1. The van der Waals surface area contributed by atoms with E-state index in [4.69, 9.17) is 0 Å². The first kappa shape index (κ1) is 17.9. The van der Waals surface area contributed by atoms with Crippen LogP contribution in [0.3, 0.4) is 0 Å². The van der Waals surface area contributed by atoms with Gasteiger partial charge >= 0.3 is 0 Å². The molecule has 16 heavy (non-hydrogen) atoms. The van der Waals surface area contributed by atoms with Crippen molar-refractivity contribution in [2.75, 3.05) is 6.54 Å². The molecule has 1 aliphatic rings. The number of carbonyl (C=O) groups excluding carboxylic acids is 1. The van der Waals surface area contributed by atoms with E-state index in [0.717, 1.165) is 25.8 Å². The van der Waals surface area contributed by atoms with Gasteiger partial charge in [-0.2, -0.15) is 0 Å². The van der Waals surface area contributed by atoms with E-state index in [1.807, 2.05) is 13.8 Å². The highest BCUT2D eigenvalue weighted by Crippen LogP contribution is 2.22. The van der Waals surface area contributed by atoms with Crippen LogP contribution < -0.4 is 0 Å². The zero-order chi connectivity index (χ0) is 11.7. The minimum atomic E-state index is 0. The molecule has 2 nitrogen and oxygen atoms in total. The predicted octanol–water partition coefficient (Wildman–Crippen LogP) is 4.24. The van der Waals surface area contributed by atoms with Crippen LogP contribution in [0.25, 0.3) is 0 Å². The average molecular weight is 229 g/mol. The zero-order valence-electron chi connectivity index (χ0n) is 10.9. The van der Waals surface area contributed by atoms with Crippen molar-refractivity contribution in [2.45, 2.75) is 79.7 Å². The molecule has 0 radical (unpaired) electrons. The summed E-state index contributed by atoms with van der Waals surface area (Å²) in [6.45, 7) is 9.36. The van der Waals surface area contributed by atoms with Gasteiger partial charge in [0.2, 0.25) is 5.91 Å². The van der Waals surface area contributed by atoms with Gasteiger partial charge < -0.3 is 4.90 Å². The summed E-state index contributed by atoms with van der Waals surface area (Å²) in [5.74, 6) is 0.381. The summed E-state index contributed by atoms with van der Waals surface area (Å²) < 4.78 is 0. The molecule has 2 heteroatoms. The summed E-state index contributed by atoms with van der Waals surface area (Å²) in [6.07, 6.45) is 6.61. The lowest BCUT2D eigenvalue weighted by atomic mass is 10.1. The maximum Gasteiger partial charge on any atom is 0.222 e. The molecule has 0 saturated carbocycles. The Morgan fingerprint density at radius 3 is 2.38 bits per heavy atom. The summed E-state index contributed by atoms with van der Waals surface area (Å²) in [7, 11) is 0. The first-order chi connectivity index (χ1) is 7.29. The van der Waals surface area contributed by atoms with E-state index in [9.17, 15) is 4.79 Å². The molecule has 0 aromatic carbocycles. The Bertz CT molecular complexity index is 168. The lowest BCUT2D eigenvalue weighted by Crippen LogP contribution is -2.33. The van der Waals surface area contributed by atoms with Crippen molar-refractivity contribution >= 4 is 5.91 Å². The molecular formula is C14H31NO. The topological polar surface area (TPSA) is 20.3 Å². The summed E-state index contributed by atoms with van der Waals surface area (Å²) in [6, 6.07) is 0.559. The van der Waals surface area contributed by atoms with Crippen molar-refractivity contribution < 1.29 is 4.79 Å². The van der Waals surface area contributed by atoms with Gasteiger partial charge in [-0.15, -0.1) is 0 Å². The molecule has 0 spiro atoms. The Kier molecular flexibility index (Phi) is 12.2. The minimum Gasteiger partial charge on any atom is -0.340 e. The quantitative estimate of drug-likeness (QED) is 0.690. The monoisotopic (exact) mass is 229 g/mol. The van der Waals surface area contributed by atoms with Gasteiger partial charge in [0.05, 0.1) is 0 Å². The van der Waals surface area contributed by atoms with Gasteiger partial charge in [0.25, 0.3) is 0 Å². The second-order valence-electron chi connectivity index (χ2n) is 3.92. The number of hydrogen-bond acceptors (Lipinski definition) is 1. The van der Waals surface area contributed by atoms with E-state index in [1.54, 1.807) is 0 Å². The van der Waals surface area contributed by atoms with Gasteiger partial charge in [-0.3, -0.25) is 4.79 Å². The largest absolute Gasteiger partial charge is 0.340 e. The fourth-order valence-electron chi connectivity index (χ4n) is 2.06. The van der Waals surface area contributed by atoms with Gasteiger partial charge in [0, 0.05) is 19.0 Å². The molecule has 1 aliphatic heterocycles. The third-order valence-electron chi connectivity index (χ3n) is 2.83. The zero-order valence-corrected chi connectivity index (χ0v) is 10.9. The number of likely N-dealkylation sites (tertiary alicyclic amines) is 1. The summed E-state index contributed by atoms with van der Waals surface area (Å²) in [5.41, 5.74) is 0. The standard InChI is InChI=1S/C11H21NO.C2H6.CH4/c1-3-5-9-12-10(6-4-2)7-8-11(12)13;1-2;/h10H,3-9H2,1-2H3;1-2H3;1H4/t10-;;/m0../s1. The van der Waals surface area contributed by atoms with E-state index in [1.165, 1.54) is 19.3 Å². The van der Waals surface area contributed by atoms with Gasteiger partial charge in [0.1, 0.15) is 0 Å². The number of hydrogen-bond donors (Lipinski definition) is 0. The Morgan fingerprint density at radius 1 is 1.25 bits per heavy atom. The fraction of sp³-hybridized carbons (Fsp3) is 0.929. The molecule has 0 aromatic heterocycles. The Labute approximate surface area is 102 Å². The van der Waals surface area contributed by atoms with Crippen molar-refractivity contribution in [3.8, 4) is 0 Å². The van der Waals surface area contributed by atoms with Crippen LogP contribution in [0, 0.1) is 0 Å². The SMILES string of the molecule is C.CC.CCCCN1C(=O)CC[C@@H]1CCC. The maximum atomic E-state index is 11.5. The molecule has 1 rings (SSSR count). The molecule has 0 N–H and O–H groups in total. The van der Waals surface area contributed by atoms with E-state index in [0.29, 0.717) is 11.9 Å². The molecule has 98 valence electrons. The van der Waals surface area contributed by atoms with E-state index in [2.05, 4.69) is 18.7 Å². The molecular weight excluding hydrogens is 198 g/mol. The number of amides is 1. The number of nitrogens with zero attached hydrogens (tertiary/aromatic N) is 1. The van der Waals surface area contributed by atoms with Crippen LogP contribution in [-0.2, 0) is 4.79 Å². The second kappa shape index (κ2) is 11.0. The highest BCUT2D eigenvalue weighted by molar-refractivity contribution is 5.78. The van der Waals surface area contributed by atoms with E-state index in [-0.39, 0.29) is 7.43 Å². The van der Waals surface area contributed by atoms with Crippen LogP contribution in [0.4, 0.5) is 0 Å². The summed E-state index contributed by atoms with van der Waals surface area (Å²) in [5, 5.41) is 0. The van der Waals surface area contributed by atoms with Gasteiger partial charge in [-0.05, 0) is 19.3 Å². The molecule has 1 saturated heterocycles. The van der Waals surface area contributed by atoms with Crippen molar-refractivity contribution in [1.29, 1.82) is 0 Å². The maximum absolute atomic E-state index is 11.5. The van der Waals surface area contributed by atoms with Crippen LogP contribution in [0.5, 0.6) is 0 Å². The highest BCUT2D eigenvalue weighted by Gasteiger charge is 2.28. The molecule has 1 fully saturated rings. The lowest BCUT2D eigenvalue weighted by Gasteiger charge is -2.24. The van der Waals surface area contributed by atoms with Crippen molar-refractivity contribution in [2.24, 2.45) is 0 Å². The van der Waals surface area contributed by atoms with Gasteiger partial charge in [0.15, 0.2) is 0 Å². The fourth-order valence-corrected chi connectivity index (χ4v) is 2.06. The molecule has 0 aliphatic carbocycles. The molecule has 1 atom stereocenters. The Morgan fingerprint density at radius 2 is 1.88 bits per heavy atom. The van der Waals surface area contributed by atoms with Crippen LogP contribution in [0.1, 0.15) is 73.6 Å². The Balaban J connectivity index is 0. The second-order valence-corrected chi connectivity index (χ2v) is 3.92.